The summed E-state index contributed by atoms with van der Waals surface area (Å²) in [5.41, 5.74) is 0.338. The van der Waals surface area contributed by atoms with Gasteiger partial charge in [-0.25, -0.2) is 0 Å². The fraction of sp³-hybridized carbons (Fsp3) is 0.737. The summed E-state index contributed by atoms with van der Waals surface area (Å²) in [4.78, 5) is 17.6. The zero-order valence-electron chi connectivity index (χ0n) is 15.3. The van der Waals surface area contributed by atoms with Crippen LogP contribution in [0.2, 0.25) is 0 Å². The van der Waals surface area contributed by atoms with Crippen molar-refractivity contribution in [3.63, 3.8) is 0 Å². The molecule has 5 heteroatoms. The molecule has 0 aliphatic carbocycles. The number of nitrogens with one attached hydrogen (secondary N) is 1. The Bertz CT molecular complexity index is 561. The van der Waals surface area contributed by atoms with Crippen molar-refractivity contribution in [3.8, 4) is 0 Å². The molecule has 3 rings (SSSR count). The number of likely N-dealkylation sites (tertiary alicyclic amines) is 2. The van der Waals surface area contributed by atoms with Crippen molar-refractivity contribution in [1.82, 2.24) is 15.1 Å². The maximum Gasteiger partial charge on any atom is 0.237 e. The van der Waals surface area contributed by atoms with E-state index in [1.165, 1.54) is 12.8 Å². The number of furan rings is 1. The Balaban J connectivity index is 1.62. The molecule has 5 nitrogen and oxygen atoms in total. The van der Waals surface area contributed by atoms with Crippen LogP contribution in [-0.2, 0) is 11.3 Å². The van der Waals surface area contributed by atoms with Gasteiger partial charge in [0, 0.05) is 6.54 Å². The lowest BCUT2D eigenvalue weighted by atomic mass is 9.76. The van der Waals surface area contributed by atoms with Crippen LogP contribution in [0.25, 0.3) is 0 Å². The van der Waals surface area contributed by atoms with E-state index in [9.17, 15) is 4.79 Å². The van der Waals surface area contributed by atoms with Gasteiger partial charge in [-0.05, 0) is 76.8 Å². The predicted octanol–water partition coefficient (Wildman–Crippen LogP) is 2.40. The minimum atomic E-state index is 0.0180. The highest BCUT2D eigenvalue weighted by Gasteiger charge is 2.47. The van der Waals surface area contributed by atoms with Gasteiger partial charge in [0.15, 0.2) is 0 Å². The van der Waals surface area contributed by atoms with Crippen LogP contribution in [0.15, 0.2) is 16.5 Å². The van der Waals surface area contributed by atoms with E-state index in [-0.39, 0.29) is 11.9 Å². The Labute approximate surface area is 145 Å². The van der Waals surface area contributed by atoms with Crippen molar-refractivity contribution >= 4 is 5.91 Å². The molecule has 2 aliphatic heterocycles. The van der Waals surface area contributed by atoms with Gasteiger partial charge in [-0.3, -0.25) is 9.69 Å². The minimum absolute atomic E-state index is 0.0180. The number of nitrogens with zero attached hydrogens (tertiary/aromatic N) is 2. The lowest BCUT2D eigenvalue weighted by molar-refractivity contribution is -0.125. The molecule has 2 aliphatic rings. The standard InChI is InChI=1S/C19H31N3O2/c1-4-9-22-14-19(7-10-21(3)11-8-19)12-17(22)18(23)20-13-16-6-5-15(2)24-16/h5-6,17H,4,7-14H2,1-3H3,(H,20,23). The van der Waals surface area contributed by atoms with Crippen LogP contribution in [0.5, 0.6) is 0 Å². The van der Waals surface area contributed by atoms with Crippen LogP contribution in [-0.4, -0.2) is 55.0 Å². The molecule has 3 heterocycles. The Morgan fingerprint density at radius 3 is 2.75 bits per heavy atom. The summed E-state index contributed by atoms with van der Waals surface area (Å²) in [7, 11) is 2.20. The van der Waals surface area contributed by atoms with Gasteiger partial charge in [0.2, 0.25) is 5.91 Å². The number of hydrogen-bond acceptors (Lipinski definition) is 4. The summed E-state index contributed by atoms with van der Waals surface area (Å²) in [6.45, 7) is 9.00. The van der Waals surface area contributed by atoms with Crippen LogP contribution in [0.1, 0.15) is 44.1 Å². The SMILES string of the molecule is CCCN1CC2(CCN(C)CC2)CC1C(=O)NCc1ccc(C)o1. The molecule has 1 aromatic heterocycles. The molecule has 1 atom stereocenters. The maximum absolute atomic E-state index is 12.8. The third kappa shape index (κ3) is 3.83. The van der Waals surface area contributed by atoms with Gasteiger partial charge in [-0.1, -0.05) is 6.92 Å². The number of hydrogen-bond donors (Lipinski definition) is 1. The molecule has 134 valence electrons. The zero-order valence-corrected chi connectivity index (χ0v) is 15.3. The summed E-state index contributed by atoms with van der Waals surface area (Å²) in [5.74, 6) is 1.88. The molecule has 1 amide bonds. The highest BCUT2D eigenvalue weighted by Crippen LogP contribution is 2.43. The summed E-state index contributed by atoms with van der Waals surface area (Å²) < 4.78 is 5.56. The van der Waals surface area contributed by atoms with Crippen molar-refractivity contribution in [1.29, 1.82) is 0 Å². The third-order valence-electron chi connectivity index (χ3n) is 5.70. The highest BCUT2D eigenvalue weighted by atomic mass is 16.3. The number of carbonyl (C=O) groups excluding carboxylic acids is 1. The Morgan fingerprint density at radius 1 is 1.38 bits per heavy atom. The Morgan fingerprint density at radius 2 is 2.12 bits per heavy atom. The predicted molar refractivity (Wildman–Crippen MR) is 94.7 cm³/mol. The van der Waals surface area contributed by atoms with E-state index in [2.05, 4.69) is 29.1 Å². The van der Waals surface area contributed by atoms with E-state index >= 15 is 0 Å². The van der Waals surface area contributed by atoms with Crippen molar-refractivity contribution in [2.45, 2.75) is 52.1 Å². The minimum Gasteiger partial charge on any atom is -0.465 e. The molecule has 1 N–H and O–H groups in total. The maximum atomic E-state index is 12.8. The van der Waals surface area contributed by atoms with Gasteiger partial charge >= 0.3 is 0 Å². The van der Waals surface area contributed by atoms with Crippen LogP contribution >= 0.6 is 0 Å². The molecule has 24 heavy (non-hydrogen) atoms. The van der Waals surface area contributed by atoms with Crippen LogP contribution in [0.4, 0.5) is 0 Å². The first-order chi connectivity index (χ1) is 11.5. The van der Waals surface area contributed by atoms with Gasteiger partial charge in [-0.2, -0.15) is 0 Å². The largest absolute Gasteiger partial charge is 0.465 e. The molecule has 0 bridgehead atoms. The van der Waals surface area contributed by atoms with Gasteiger partial charge in [-0.15, -0.1) is 0 Å². The molecule has 1 spiro atoms. The van der Waals surface area contributed by atoms with Crippen LogP contribution in [0.3, 0.4) is 0 Å². The summed E-state index contributed by atoms with van der Waals surface area (Å²) in [6, 6.07) is 3.89. The monoisotopic (exact) mass is 333 g/mol. The molecule has 1 aromatic rings. The second-order valence-electron chi connectivity index (χ2n) is 7.72. The first kappa shape index (κ1) is 17.5. The van der Waals surface area contributed by atoms with Gasteiger partial charge in [0.1, 0.15) is 11.5 Å². The molecule has 2 saturated heterocycles. The van der Waals surface area contributed by atoms with Gasteiger partial charge in [0.05, 0.1) is 12.6 Å². The molecular weight excluding hydrogens is 302 g/mol. The van der Waals surface area contributed by atoms with E-state index in [4.69, 9.17) is 4.42 Å². The first-order valence-corrected chi connectivity index (χ1v) is 9.27. The lowest BCUT2D eigenvalue weighted by Gasteiger charge is -2.37. The lowest BCUT2D eigenvalue weighted by Crippen LogP contribution is -2.43. The molecule has 0 saturated carbocycles. The quantitative estimate of drug-likeness (QED) is 0.899. The second-order valence-corrected chi connectivity index (χ2v) is 7.72. The van der Waals surface area contributed by atoms with E-state index in [0.29, 0.717) is 12.0 Å². The Hall–Kier alpha value is -1.33. The van der Waals surface area contributed by atoms with Crippen molar-refractivity contribution < 1.29 is 9.21 Å². The normalized spacial score (nSPS) is 24.5. The van der Waals surface area contributed by atoms with E-state index in [0.717, 1.165) is 50.5 Å². The second kappa shape index (κ2) is 7.28. The molecule has 1 unspecified atom stereocenters. The molecular formula is C19H31N3O2. The molecule has 0 aromatic carbocycles. The average molecular weight is 333 g/mol. The number of rotatable bonds is 5. The smallest absolute Gasteiger partial charge is 0.237 e. The average Bonchev–Trinajstić information content (AvgIpc) is 3.13. The summed E-state index contributed by atoms with van der Waals surface area (Å²) in [6.07, 6.45) is 4.52. The van der Waals surface area contributed by atoms with Crippen molar-refractivity contribution in [2.24, 2.45) is 5.41 Å². The van der Waals surface area contributed by atoms with Crippen molar-refractivity contribution in [3.05, 3.63) is 23.7 Å². The summed E-state index contributed by atoms with van der Waals surface area (Å²) in [5, 5.41) is 3.09. The Kier molecular flexibility index (Phi) is 5.30. The number of aryl methyl sites for hydroxylation is 1. The number of amides is 1. The molecule has 0 radical (unpaired) electrons. The summed E-state index contributed by atoms with van der Waals surface area (Å²) >= 11 is 0. The zero-order chi connectivity index (χ0) is 17.2. The van der Waals surface area contributed by atoms with Crippen molar-refractivity contribution in [2.75, 3.05) is 33.2 Å². The molecule has 2 fully saturated rings. The number of piperidine rings is 1. The van der Waals surface area contributed by atoms with Crippen LogP contribution < -0.4 is 5.32 Å². The third-order valence-corrected chi connectivity index (χ3v) is 5.70. The topological polar surface area (TPSA) is 48.7 Å². The van der Waals surface area contributed by atoms with E-state index in [1.54, 1.807) is 0 Å². The fourth-order valence-electron chi connectivity index (χ4n) is 4.25. The van der Waals surface area contributed by atoms with Gasteiger partial charge in [0.25, 0.3) is 0 Å². The van der Waals surface area contributed by atoms with Crippen LogP contribution in [0, 0.1) is 12.3 Å². The highest BCUT2D eigenvalue weighted by molar-refractivity contribution is 5.82. The first-order valence-electron chi connectivity index (χ1n) is 9.27. The fourth-order valence-corrected chi connectivity index (χ4v) is 4.25. The van der Waals surface area contributed by atoms with E-state index < -0.39 is 0 Å². The number of carbonyl (C=O) groups is 1. The van der Waals surface area contributed by atoms with Gasteiger partial charge < -0.3 is 14.6 Å². The van der Waals surface area contributed by atoms with E-state index in [1.807, 2.05) is 19.1 Å².